The van der Waals surface area contributed by atoms with Crippen molar-refractivity contribution in [1.29, 1.82) is 0 Å². The van der Waals surface area contributed by atoms with Crippen molar-refractivity contribution in [3.63, 3.8) is 0 Å². The quantitative estimate of drug-likeness (QED) is 0.275. The van der Waals surface area contributed by atoms with Gasteiger partial charge in [0.25, 0.3) is 0 Å². The molecule has 2 atom stereocenters. The summed E-state index contributed by atoms with van der Waals surface area (Å²) in [6, 6.07) is 0. The van der Waals surface area contributed by atoms with Crippen LogP contribution >= 0.6 is 0 Å². The lowest BCUT2D eigenvalue weighted by molar-refractivity contribution is 0.259. The SMILES string of the molecule is CCn1cc(O)n(CC(C)(C)CCCS(=O)CCCS(=O)CCCC(C)(C)Cn2c(O)cn(CC)c2=O)c1=O. The summed E-state index contributed by atoms with van der Waals surface area (Å²) in [5.74, 6) is 2.11. The Morgan fingerprint density at radius 1 is 0.667 bits per heavy atom. The molecule has 0 saturated heterocycles. The van der Waals surface area contributed by atoms with Crippen LogP contribution < -0.4 is 11.4 Å². The summed E-state index contributed by atoms with van der Waals surface area (Å²) >= 11 is 0. The van der Waals surface area contributed by atoms with Gasteiger partial charge in [-0.2, -0.15) is 0 Å². The highest BCUT2D eigenvalue weighted by Crippen LogP contribution is 2.27. The third-order valence-corrected chi connectivity index (χ3v) is 10.1. The molecule has 0 aliphatic heterocycles. The van der Waals surface area contributed by atoms with Gasteiger partial charge in [-0.1, -0.05) is 27.7 Å². The van der Waals surface area contributed by atoms with Gasteiger partial charge in [-0.05, 0) is 56.8 Å². The fourth-order valence-corrected chi connectivity index (χ4v) is 7.26. The van der Waals surface area contributed by atoms with Gasteiger partial charge in [0.1, 0.15) is 0 Å². The fourth-order valence-electron chi connectivity index (χ4n) is 4.81. The highest BCUT2D eigenvalue weighted by molar-refractivity contribution is 7.85. The molecule has 12 heteroatoms. The van der Waals surface area contributed by atoms with Crippen LogP contribution in [0.2, 0.25) is 0 Å². The van der Waals surface area contributed by atoms with Gasteiger partial charge >= 0.3 is 11.4 Å². The van der Waals surface area contributed by atoms with Crippen molar-refractivity contribution in [1.82, 2.24) is 18.3 Å². The molecule has 2 aromatic rings. The van der Waals surface area contributed by atoms with E-state index in [2.05, 4.69) is 0 Å². The van der Waals surface area contributed by atoms with Crippen molar-refractivity contribution < 1.29 is 18.6 Å². The predicted octanol–water partition coefficient (Wildman–Crippen LogP) is 3.26. The van der Waals surface area contributed by atoms with Crippen LogP contribution in [0.5, 0.6) is 11.8 Å². The molecule has 2 N–H and O–H groups in total. The van der Waals surface area contributed by atoms with Crippen LogP contribution in [-0.2, 0) is 47.8 Å². The molecular formula is C27H48N4O6S2. The minimum atomic E-state index is -0.984. The molecule has 2 unspecified atom stereocenters. The van der Waals surface area contributed by atoms with E-state index in [0.29, 0.717) is 55.6 Å². The number of aryl methyl sites for hydroxylation is 2. The molecule has 0 spiro atoms. The van der Waals surface area contributed by atoms with Gasteiger partial charge in [0.2, 0.25) is 11.8 Å². The molecule has 224 valence electrons. The van der Waals surface area contributed by atoms with Crippen LogP contribution in [0.1, 0.15) is 73.6 Å². The normalized spacial score (nSPS) is 14.1. The van der Waals surface area contributed by atoms with E-state index < -0.39 is 21.6 Å². The van der Waals surface area contributed by atoms with E-state index in [4.69, 9.17) is 0 Å². The molecule has 2 rings (SSSR count). The van der Waals surface area contributed by atoms with Gasteiger partial charge < -0.3 is 10.2 Å². The highest BCUT2D eigenvalue weighted by atomic mass is 32.2. The zero-order valence-electron chi connectivity index (χ0n) is 24.5. The molecule has 0 radical (unpaired) electrons. The molecule has 0 bridgehead atoms. The molecule has 0 fully saturated rings. The fraction of sp³-hybridized carbons (Fsp3) is 0.778. The molecule has 0 saturated carbocycles. The Morgan fingerprint density at radius 3 is 1.31 bits per heavy atom. The van der Waals surface area contributed by atoms with Crippen molar-refractivity contribution in [3.05, 3.63) is 33.4 Å². The maximum atomic E-state index is 12.5. The first-order valence-corrected chi connectivity index (χ1v) is 16.8. The lowest BCUT2D eigenvalue weighted by Gasteiger charge is -2.25. The van der Waals surface area contributed by atoms with Crippen LogP contribution in [0.15, 0.2) is 22.0 Å². The maximum Gasteiger partial charge on any atom is 0.331 e. The Kier molecular flexibility index (Phi) is 12.3. The summed E-state index contributed by atoms with van der Waals surface area (Å²) in [7, 11) is -1.97. The number of hydrogen-bond acceptors (Lipinski definition) is 6. The van der Waals surface area contributed by atoms with E-state index in [1.54, 1.807) is 0 Å². The minimum Gasteiger partial charge on any atom is -0.493 e. The Bertz CT molecular complexity index is 1140. The topological polar surface area (TPSA) is 128 Å². The van der Waals surface area contributed by atoms with Crippen molar-refractivity contribution in [2.24, 2.45) is 10.8 Å². The molecule has 0 aliphatic carbocycles. The molecule has 10 nitrogen and oxygen atoms in total. The maximum absolute atomic E-state index is 12.5. The van der Waals surface area contributed by atoms with Crippen LogP contribution in [0.25, 0.3) is 0 Å². The Balaban J connectivity index is 1.66. The zero-order chi connectivity index (χ0) is 29.4. The van der Waals surface area contributed by atoms with Crippen LogP contribution in [0, 0.1) is 10.8 Å². The number of rotatable bonds is 18. The van der Waals surface area contributed by atoms with Crippen LogP contribution in [-0.4, -0.2) is 59.9 Å². The lowest BCUT2D eigenvalue weighted by Crippen LogP contribution is -2.30. The van der Waals surface area contributed by atoms with E-state index in [0.717, 1.165) is 25.7 Å². The number of aromatic hydroxyl groups is 2. The van der Waals surface area contributed by atoms with E-state index in [1.165, 1.54) is 30.7 Å². The van der Waals surface area contributed by atoms with E-state index in [1.807, 2.05) is 41.5 Å². The molecule has 0 aromatic carbocycles. The van der Waals surface area contributed by atoms with Crippen molar-refractivity contribution in [2.45, 2.75) is 99.8 Å². The zero-order valence-corrected chi connectivity index (χ0v) is 26.1. The summed E-state index contributed by atoms with van der Waals surface area (Å²) in [6.07, 6.45) is 6.61. The minimum absolute atomic E-state index is 0.0310. The monoisotopic (exact) mass is 588 g/mol. The van der Waals surface area contributed by atoms with Crippen molar-refractivity contribution in [2.75, 3.05) is 23.0 Å². The summed E-state index contributed by atoms with van der Waals surface area (Å²) in [5.41, 5.74) is -0.894. The first kappa shape index (κ1) is 33.1. The van der Waals surface area contributed by atoms with Crippen molar-refractivity contribution in [3.8, 4) is 11.8 Å². The molecule has 0 aliphatic rings. The van der Waals surface area contributed by atoms with E-state index in [9.17, 15) is 28.2 Å². The van der Waals surface area contributed by atoms with Crippen LogP contribution in [0.4, 0.5) is 0 Å². The van der Waals surface area contributed by atoms with Gasteiger partial charge in [0, 0.05) is 70.8 Å². The first-order chi connectivity index (χ1) is 18.2. The number of imidazole rings is 2. The smallest absolute Gasteiger partial charge is 0.331 e. The summed E-state index contributed by atoms with van der Waals surface area (Å²) in [6.45, 7) is 13.7. The van der Waals surface area contributed by atoms with Gasteiger partial charge in [0.15, 0.2) is 0 Å². The molecule has 2 heterocycles. The number of hydrogen-bond donors (Lipinski definition) is 2. The molecule has 2 aromatic heterocycles. The van der Waals surface area contributed by atoms with Gasteiger partial charge in [0.05, 0.1) is 12.4 Å². The highest BCUT2D eigenvalue weighted by Gasteiger charge is 2.24. The largest absolute Gasteiger partial charge is 0.493 e. The predicted molar refractivity (Wildman–Crippen MR) is 158 cm³/mol. The third-order valence-electron chi connectivity index (χ3n) is 7.10. The second kappa shape index (κ2) is 14.5. The average molecular weight is 589 g/mol. The second-order valence-electron chi connectivity index (χ2n) is 11.9. The summed E-state index contributed by atoms with van der Waals surface area (Å²) in [5, 5.41) is 20.2. The summed E-state index contributed by atoms with van der Waals surface area (Å²) < 4.78 is 30.7. The third kappa shape index (κ3) is 10.1. The first-order valence-electron chi connectivity index (χ1n) is 13.9. The second-order valence-corrected chi connectivity index (χ2v) is 15.3. The molecule has 0 amide bonds. The van der Waals surface area contributed by atoms with Gasteiger partial charge in [-0.15, -0.1) is 0 Å². The van der Waals surface area contributed by atoms with Gasteiger partial charge in [-0.25, -0.2) is 9.59 Å². The summed E-state index contributed by atoms with van der Waals surface area (Å²) in [4.78, 5) is 24.7. The Labute approximate surface area is 237 Å². The van der Waals surface area contributed by atoms with E-state index >= 15 is 0 Å². The standard InChI is InChI=1S/C27H48N4O6S2/c1-7-28-18-22(32)30(24(28)34)20-26(3,4)12-9-14-38(36)16-11-17-39(37)15-10-13-27(5,6)21-31-23(33)19-29(8-2)25(31)35/h18-19,32-33H,7-17,20-21H2,1-6H3. The average Bonchev–Trinajstić information content (AvgIpc) is 3.27. The molecule has 39 heavy (non-hydrogen) atoms. The molecular weight excluding hydrogens is 540 g/mol. The number of nitrogens with zero attached hydrogens (tertiary/aromatic N) is 4. The van der Waals surface area contributed by atoms with Crippen LogP contribution in [0.3, 0.4) is 0 Å². The Morgan fingerprint density at radius 2 is 1.00 bits per heavy atom. The Hall–Kier alpha value is -2.08. The van der Waals surface area contributed by atoms with Crippen molar-refractivity contribution >= 4 is 21.6 Å². The number of aromatic nitrogens is 4. The van der Waals surface area contributed by atoms with Gasteiger partial charge in [-0.3, -0.25) is 26.7 Å². The lowest BCUT2D eigenvalue weighted by atomic mass is 9.88. The van der Waals surface area contributed by atoms with E-state index in [-0.39, 0.29) is 34.0 Å².